The van der Waals surface area contributed by atoms with E-state index in [0.717, 1.165) is 15.4 Å². The molecule has 1 aromatic carbocycles. The van der Waals surface area contributed by atoms with Gasteiger partial charge in [-0.15, -0.1) is 0 Å². The third kappa shape index (κ3) is 1.83. The number of aryl methyl sites for hydroxylation is 1. The molecule has 0 atom stereocenters. The molecule has 0 saturated heterocycles. The van der Waals surface area contributed by atoms with Crippen molar-refractivity contribution in [2.75, 3.05) is 0 Å². The second-order valence-corrected chi connectivity index (χ2v) is 4.18. The molecule has 1 aromatic heterocycles. The maximum absolute atomic E-state index is 10.8. The van der Waals surface area contributed by atoms with Gasteiger partial charge in [-0.25, -0.2) is 4.98 Å². The average molecular weight is 267 g/mol. The molecule has 0 saturated carbocycles. The predicted octanol–water partition coefficient (Wildman–Crippen LogP) is 3.21. The molecule has 0 amide bonds. The Hall–Kier alpha value is -1.49. The summed E-state index contributed by atoms with van der Waals surface area (Å²) in [6, 6.07) is 5.23. The van der Waals surface area contributed by atoms with E-state index in [4.69, 9.17) is 0 Å². The summed E-state index contributed by atoms with van der Waals surface area (Å²) in [5.41, 5.74) is 1.33. The first kappa shape index (κ1) is 10.0. The summed E-state index contributed by atoms with van der Waals surface area (Å²) < 4.78 is 0.815. The minimum absolute atomic E-state index is 0.0532. The fourth-order valence-electron chi connectivity index (χ4n) is 1.49. The summed E-state index contributed by atoms with van der Waals surface area (Å²) in [6.07, 6.45) is 1.56. The van der Waals surface area contributed by atoms with Crippen LogP contribution in [-0.4, -0.2) is 9.91 Å². The standard InChI is InChI=1S/C10H7BrN2O2/c1-6-2-7-4-8(11)5-12-10(7)9(3-6)13(14)15/h2-5H,1H3. The van der Waals surface area contributed by atoms with E-state index in [-0.39, 0.29) is 5.69 Å². The van der Waals surface area contributed by atoms with Crippen LogP contribution in [-0.2, 0) is 0 Å². The Morgan fingerprint density at radius 1 is 1.40 bits per heavy atom. The lowest BCUT2D eigenvalue weighted by molar-refractivity contribution is -0.383. The number of benzene rings is 1. The van der Waals surface area contributed by atoms with Crippen LogP contribution in [0.4, 0.5) is 5.69 Å². The monoisotopic (exact) mass is 266 g/mol. The highest BCUT2D eigenvalue weighted by atomic mass is 79.9. The first-order valence-corrected chi connectivity index (χ1v) is 5.07. The van der Waals surface area contributed by atoms with Crippen LogP contribution in [0.5, 0.6) is 0 Å². The average Bonchev–Trinajstić information content (AvgIpc) is 2.15. The van der Waals surface area contributed by atoms with Crippen LogP contribution >= 0.6 is 15.9 Å². The lowest BCUT2D eigenvalue weighted by Gasteiger charge is -2.01. The van der Waals surface area contributed by atoms with Crippen molar-refractivity contribution in [3.05, 3.63) is 44.5 Å². The van der Waals surface area contributed by atoms with Crippen molar-refractivity contribution in [3.63, 3.8) is 0 Å². The maximum atomic E-state index is 10.8. The number of halogens is 1. The Bertz CT molecular complexity index is 549. The van der Waals surface area contributed by atoms with Crippen molar-refractivity contribution in [1.29, 1.82) is 0 Å². The van der Waals surface area contributed by atoms with Crippen LogP contribution in [0.25, 0.3) is 10.9 Å². The molecule has 0 radical (unpaired) electrons. The molecule has 5 heteroatoms. The molecule has 2 rings (SSSR count). The van der Waals surface area contributed by atoms with E-state index in [2.05, 4.69) is 20.9 Å². The van der Waals surface area contributed by atoms with Gasteiger partial charge in [0.15, 0.2) is 0 Å². The fourth-order valence-corrected chi connectivity index (χ4v) is 1.84. The van der Waals surface area contributed by atoms with Gasteiger partial charge in [0.25, 0.3) is 5.69 Å². The Morgan fingerprint density at radius 3 is 2.80 bits per heavy atom. The Kier molecular flexibility index (Phi) is 2.40. The van der Waals surface area contributed by atoms with Gasteiger partial charge in [-0.05, 0) is 40.5 Å². The van der Waals surface area contributed by atoms with Gasteiger partial charge >= 0.3 is 0 Å². The summed E-state index contributed by atoms with van der Waals surface area (Å²) in [6.45, 7) is 1.83. The highest BCUT2D eigenvalue weighted by Crippen LogP contribution is 2.27. The molecule has 4 nitrogen and oxygen atoms in total. The van der Waals surface area contributed by atoms with Gasteiger partial charge in [0.2, 0.25) is 0 Å². The number of nitro benzene ring substituents is 1. The SMILES string of the molecule is Cc1cc([N+](=O)[O-])c2ncc(Br)cc2c1. The van der Waals surface area contributed by atoms with Gasteiger partial charge in [0.1, 0.15) is 5.52 Å². The van der Waals surface area contributed by atoms with Gasteiger partial charge in [-0.3, -0.25) is 10.1 Å². The highest BCUT2D eigenvalue weighted by Gasteiger charge is 2.13. The summed E-state index contributed by atoms with van der Waals surface area (Å²) in [4.78, 5) is 14.5. The van der Waals surface area contributed by atoms with Crippen LogP contribution in [0.2, 0.25) is 0 Å². The van der Waals surface area contributed by atoms with E-state index >= 15 is 0 Å². The van der Waals surface area contributed by atoms with Crippen LogP contribution in [0.15, 0.2) is 28.9 Å². The highest BCUT2D eigenvalue weighted by molar-refractivity contribution is 9.10. The molecule has 0 fully saturated rings. The van der Waals surface area contributed by atoms with E-state index < -0.39 is 4.92 Å². The number of rotatable bonds is 1. The molecule has 2 aromatic rings. The van der Waals surface area contributed by atoms with Crippen molar-refractivity contribution >= 4 is 32.5 Å². The number of fused-ring (bicyclic) bond motifs is 1. The van der Waals surface area contributed by atoms with E-state index in [1.807, 2.05) is 19.1 Å². The van der Waals surface area contributed by atoms with Crippen molar-refractivity contribution < 1.29 is 4.92 Å². The number of nitro groups is 1. The molecule has 0 aliphatic heterocycles. The minimum Gasteiger partial charge on any atom is -0.258 e. The first-order valence-electron chi connectivity index (χ1n) is 4.28. The van der Waals surface area contributed by atoms with Crippen molar-refractivity contribution in [2.45, 2.75) is 6.92 Å². The largest absolute Gasteiger partial charge is 0.295 e. The Morgan fingerprint density at radius 2 is 2.13 bits per heavy atom. The molecular weight excluding hydrogens is 260 g/mol. The molecule has 0 unspecified atom stereocenters. The van der Waals surface area contributed by atoms with E-state index in [1.165, 1.54) is 6.07 Å². The lowest BCUT2D eigenvalue weighted by Crippen LogP contribution is -1.92. The third-order valence-electron chi connectivity index (χ3n) is 2.07. The molecular formula is C10H7BrN2O2. The number of non-ortho nitro benzene ring substituents is 1. The molecule has 0 aliphatic carbocycles. The van der Waals surface area contributed by atoms with Crippen LogP contribution in [0.1, 0.15) is 5.56 Å². The first-order chi connectivity index (χ1) is 7.08. The lowest BCUT2D eigenvalue weighted by atomic mass is 10.1. The second-order valence-electron chi connectivity index (χ2n) is 3.27. The van der Waals surface area contributed by atoms with Crippen molar-refractivity contribution in [2.24, 2.45) is 0 Å². The number of hydrogen-bond acceptors (Lipinski definition) is 3. The van der Waals surface area contributed by atoms with Crippen molar-refractivity contribution in [3.8, 4) is 0 Å². The number of hydrogen-bond donors (Lipinski definition) is 0. The fraction of sp³-hybridized carbons (Fsp3) is 0.100. The van der Waals surface area contributed by atoms with Crippen LogP contribution in [0, 0.1) is 17.0 Å². The zero-order chi connectivity index (χ0) is 11.0. The molecule has 0 bridgehead atoms. The number of nitrogens with zero attached hydrogens (tertiary/aromatic N) is 2. The molecule has 1 heterocycles. The molecule has 15 heavy (non-hydrogen) atoms. The van der Waals surface area contributed by atoms with Crippen molar-refractivity contribution in [1.82, 2.24) is 4.98 Å². The molecule has 76 valence electrons. The van der Waals surface area contributed by atoms with Gasteiger partial charge in [-0.1, -0.05) is 0 Å². The van der Waals surface area contributed by atoms with Gasteiger partial charge < -0.3 is 0 Å². The van der Waals surface area contributed by atoms with Crippen LogP contribution in [0.3, 0.4) is 0 Å². The third-order valence-corrected chi connectivity index (χ3v) is 2.50. The van der Waals surface area contributed by atoms with Gasteiger partial charge in [0, 0.05) is 22.1 Å². The van der Waals surface area contributed by atoms with E-state index in [9.17, 15) is 10.1 Å². The summed E-state index contributed by atoms with van der Waals surface area (Å²) in [5.74, 6) is 0. The van der Waals surface area contributed by atoms with Gasteiger partial charge in [-0.2, -0.15) is 0 Å². The molecule has 0 spiro atoms. The number of aromatic nitrogens is 1. The maximum Gasteiger partial charge on any atom is 0.295 e. The second kappa shape index (κ2) is 3.58. The Labute approximate surface area is 94.2 Å². The van der Waals surface area contributed by atoms with E-state index in [1.54, 1.807) is 6.20 Å². The topological polar surface area (TPSA) is 56.0 Å². The molecule has 0 aliphatic rings. The quantitative estimate of drug-likeness (QED) is 0.588. The minimum atomic E-state index is -0.407. The number of pyridine rings is 1. The predicted molar refractivity (Wildman–Crippen MR) is 60.8 cm³/mol. The zero-order valence-electron chi connectivity index (χ0n) is 7.90. The Balaban J connectivity index is 2.86. The molecule has 0 N–H and O–H groups in total. The smallest absolute Gasteiger partial charge is 0.258 e. The summed E-state index contributed by atoms with van der Waals surface area (Å²) in [5, 5.41) is 11.6. The summed E-state index contributed by atoms with van der Waals surface area (Å²) in [7, 11) is 0. The normalized spacial score (nSPS) is 10.5. The zero-order valence-corrected chi connectivity index (χ0v) is 9.48. The van der Waals surface area contributed by atoms with E-state index in [0.29, 0.717) is 5.52 Å². The van der Waals surface area contributed by atoms with Crippen LogP contribution < -0.4 is 0 Å². The summed E-state index contributed by atoms with van der Waals surface area (Å²) >= 11 is 3.29. The van der Waals surface area contributed by atoms with Gasteiger partial charge in [0.05, 0.1) is 4.92 Å².